The molecule has 0 amide bonds. The molecule has 0 saturated carbocycles. The summed E-state index contributed by atoms with van der Waals surface area (Å²) in [4.78, 5) is 24.6. The molecule has 0 spiro atoms. The topological polar surface area (TPSA) is 105 Å². The second-order valence-electron chi connectivity index (χ2n) is 5.38. The number of aromatic nitrogens is 1. The summed E-state index contributed by atoms with van der Waals surface area (Å²) in [5, 5.41) is 21.2. The average molecular weight is 327 g/mol. The SMILES string of the molecule is COc1cc2c(CC(C)(C[N+](=O)[O-])C(=O)O)c[nH]c2cc1Cl. The van der Waals surface area contributed by atoms with Gasteiger partial charge in [-0.2, -0.15) is 0 Å². The molecule has 0 aliphatic carbocycles. The van der Waals surface area contributed by atoms with Crippen LogP contribution >= 0.6 is 11.6 Å². The molecular formula is C14H15ClN2O5. The number of halogens is 1. The van der Waals surface area contributed by atoms with Crippen molar-refractivity contribution in [1.82, 2.24) is 4.98 Å². The van der Waals surface area contributed by atoms with Crippen LogP contribution in [0.15, 0.2) is 18.3 Å². The standard InChI is InChI=1S/C14H15ClN2O5/c1-14(13(18)19,7-17(20)21)5-8-6-16-11-4-10(15)12(22-2)3-9(8)11/h3-4,6,16H,5,7H2,1-2H3,(H,18,19). The predicted molar refractivity (Wildman–Crippen MR) is 81.2 cm³/mol. The van der Waals surface area contributed by atoms with Crippen molar-refractivity contribution >= 4 is 28.5 Å². The number of carboxylic acid groups (broad SMARTS) is 1. The van der Waals surface area contributed by atoms with Gasteiger partial charge in [0.2, 0.25) is 6.54 Å². The number of hydrogen-bond donors (Lipinski definition) is 2. The molecule has 8 heteroatoms. The van der Waals surface area contributed by atoms with Crippen LogP contribution in [0.3, 0.4) is 0 Å². The number of carboxylic acids is 1. The number of ether oxygens (including phenoxy) is 1. The van der Waals surface area contributed by atoms with Crippen LogP contribution in [0.25, 0.3) is 10.9 Å². The minimum absolute atomic E-state index is 0.0219. The van der Waals surface area contributed by atoms with E-state index in [1.54, 1.807) is 18.3 Å². The summed E-state index contributed by atoms with van der Waals surface area (Å²) in [5.41, 5.74) is -0.114. The Labute approximate surface area is 131 Å². The van der Waals surface area contributed by atoms with Crippen LogP contribution in [0, 0.1) is 15.5 Å². The number of rotatable bonds is 6. The molecule has 1 unspecified atom stereocenters. The summed E-state index contributed by atoms with van der Waals surface area (Å²) in [7, 11) is 1.48. The van der Waals surface area contributed by atoms with Crippen molar-refractivity contribution in [2.24, 2.45) is 5.41 Å². The van der Waals surface area contributed by atoms with Gasteiger partial charge in [-0.05, 0) is 31.0 Å². The van der Waals surface area contributed by atoms with Gasteiger partial charge >= 0.3 is 5.97 Å². The van der Waals surface area contributed by atoms with Gasteiger partial charge in [-0.3, -0.25) is 14.9 Å². The fourth-order valence-electron chi connectivity index (χ4n) is 2.39. The number of methoxy groups -OCH3 is 1. The van der Waals surface area contributed by atoms with Crippen molar-refractivity contribution in [3.05, 3.63) is 39.0 Å². The molecule has 0 bridgehead atoms. The summed E-state index contributed by atoms with van der Waals surface area (Å²) >= 11 is 6.04. The van der Waals surface area contributed by atoms with Gasteiger partial charge in [0, 0.05) is 22.0 Å². The van der Waals surface area contributed by atoms with E-state index in [9.17, 15) is 20.0 Å². The van der Waals surface area contributed by atoms with Crippen LogP contribution in [-0.2, 0) is 11.2 Å². The van der Waals surface area contributed by atoms with E-state index in [1.807, 2.05) is 0 Å². The third kappa shape index (κ3) is 2.99. The van der Waals surface area contributed by atoms with Gasteiger partial charge in [0.05, 0.1) is 12.1 Å². The van der Waals surface area contributed by atoms with Crippen molar-refractivity contribution in [2.75, 3.05) is 13.7 Å². The van der Waals surface area contributed by atoms with Crippen LogP contribution in [0.1, 0.15) is 12.5 Å². The fourth-order valence-corrected chi connectivity index (χ4v) is 2.63. The van der Waals surface area contributed by atoms with E-state index < -0.39 is 22.9 Å². The zero-order valence-corrected chi connectivity index (χ0v) is 12.8. The number of benzene rings is 1. The normalized spacial score (nSPS) is 13.8. The first-order valence-corrected chi connectivity index (χ1v) is 6.83. The smallest absolute Gasteiger partial charge is 0.316 e. The Kier molecular flexibility index (Phi) is 4.27. The fraction of sp³-hybridized carbons (Fsp3) is 0.357. The van der Waals surface area contributed by atoms with E-state index >= 15 is 0 Å². The third-order valence-corrected chi connectivity index (χ3v) is 3.91. The number of hydrogen-bond acceptors (Lipinski definition) is 4. The maximum absolute atomic E-state index is 11.4. The molecule has 0 radical (unpaired) electrons. The summed E-state index contributed by atoms with van der Waals surface area (Å²) < 4.78 is 5.15. The monoisotopic (exact) mass is 326 g/mol. The molecule has 22 heavy (non-hydrogen) atoms. The number of fused-ring (bicyclic) bond motifs is 1. The number of H-pyrrole nitrogens is 1. The molecule has 0 aliphatic rings. The van der Waals surface area contributed by atoms with E-state index in [0.717, 1.165) is 10.9 Å². The van der Waals surface area contributed by atoms with Crippen molar-refractivity contribution in [3.8, 4) is 5.75 Å². The van der Waals surface area contributed by atoms with Crippen molar-refractivity contribution in [3.63, 3.8) is 0 Å². The molecule has 7 nitrogen and oxygen atoms in total. The molecule has 1 heterocycles. The minimum atomic E-state index is -1.49. The third-order valence-electron chi connectivity index (χ3n) is 3.61. The lowest BCUT2D eigenvalue weighted by Gasteiger charge is -2.19. The second-order valence-corrected chi connectivity index (χ2v) is 5.79. The highest BCUT2D eigenvalue weighted by atomic mass is 35.5. The van der Waals surface area contributed by atoms with Crippen LogP contribution in [0.5, 0.6) is 5.75 Å². The van der Waals surface area contributed by atoms with Crippen LogP contribution < -0.4 is 4.74 Å². The summed E-state index contributed by atoms with van der Waals surface area (Å²) in [5.74, 6) is -0.749. The maximum atomic E-state index is 11.4. The lowest BCUT2D eigenvalue weighted by atomic mass is 9.83. The summed E-state index contributed by atoms with van der Waals surface area (Å²) in [6.07, 6.45) is 1.66. The summed E-state index contributed by atoms with van der Waals surface area (Å²) in [6.45, 7) is 0.712. The number of carbonyl (C=O) groups is 1. The second kappa shape index (κ2) is 5.84. The number of nitrogens with zero attached hydrogens (tertiary/aromatic N) is 1. The predicted octanol–water partition coefficient (Wildman–Crippen LogP) is 2.74. The average Bonchev–Trinajstić information content (AvgIpc) is 2.78. The van der Waals surface area contributed by atoms with Crippen molar-refractivity contribution < 1.29 is 19.6 Å². The molecule has 118 valence electrons. The van der Waals surface area contributed by atoms with Gasteiger partial charge < -0.3 is 14.8 Å². The molecule has 2 aromatic rings. The first-order valence-electron chi connectivity index (χ1n) is 6.45. The molecule has 1 aromatic carbocycles. The Morgan fingerprint density at radius 2 is 2.23 bits per heavy atom. The van der Waals surface area contributed by atoms with Gasteiger partial charge in [-0.25, -0.2) is 0 Å². The highest BCUT2D eigenvalue weighted by molar-refractivity contribution is 6.32. The Balaban J connectivity index is 2.46. The van der Waals surface area contributed by atoms with Crippen molar-refractivity contribution in [1.29, 1.82) is 0 Å². The van der Waals surface area contributed by atoms with Gasteiger partial charge in [-0.15, -0.1) is 0 Å². The van der Waals surface area contributed by atoms with E-state index in [-0.39, 0.29) is 6.42 Å². The molecule has 0 saturated heterocycles. The number of nitro groups is 1. The van der Waals surface area contributed by atoms with E-state index in [1.165, 1.54) is 14.0 Å². The Bertz CT molecular complexity index is 742. The highest BCUT2D eigenvalue weighted by Gasteiger charge is 2.39. The molecule has 1 atom stereocenters. The van der Waals surface area contributed by atoms with Crippen LogP contribution in [-0.4, -0.2) is 34.6 Å². The lowest BCUT2D eigenvalue weighted by Crippen LogP contribution is -2.37. The van der Waals surface area contributed by atoms with Crippen LogP contribution in [0.4, 0.5) is 0 Å². The van der Waals surface area contributed by atoms with E-state index in [2.05, 4.69) is 4.98 Å². The molecule has 2 N–H and O–H groups in total. The van der Waals surface area contributed by atoms with Crippen molar-refractivity contribution in [2.45, 2.75) is 13.3 Å². The quantitative estimate of drug-likeness (QED) is 0.627. The largest absolute Gasteiger partial charge is 0.495 e. The van der Waals surface area contributed by atoms with Gasteiger partial charge in [0.25, 0.3) is 0 Å². The molecule has 1 aromatic heterocycles. The first-order chi connectivity index (χ1) is 10.3. The number of aromatic amines is 1. The van der Waals surface area contributed by atoms with E-state index in [4.69, 9.17) is 16.3 Å². The first kappa shape index (κ1) is 16.1. The van der Waals surface area contributed by atoms with Crippen LogP contribution in [0.2, 0.25) is 5.02 Å². The van der Waals surface area contributed by atoms with Gasteiger partial charge in [0.15, 0.2) is 0 Å². The zero-order valence-electron chi connectivity index (χ0n) is 12.1. The van der Waals surface area contributed by atoms with E-state index in [0.29, 0.717) is 16.3 Å². The Hall–Kier alpha value is -2.28. The van der Waals surface area contributed by atoms with Gasteiger partial charge in [0.1, 0.15) is 11.2 Å². The highest BCUT2D eigenvalue weighted by Crippen LogP contribution is 2.34. The Morgan fingerprint density at radius 1 is 1.55 bits per heavy atom. The lowest BCUT2D eigenvalue weighted by molar-refractivity contribution is -0.493. The Morgan fingerprint density at radius 3 is 2.77 bits per heavy atom. The number of aliphatic carboxylic acids is 1. The molecular weight excluding hydrogens is 312 g/mol. The summed E-state index contributed by atoms with van der Waals surface area (Å²) in [6, 6.07) is 3.36. The minimum Gasteiger partial charge on any atom is -0.495 e. The molecule has 0 aliphatic heterocycles. The van der Waals surface area contributed by atoms with Gasteiger partial charge in [-0.1, -0.05) is 11.6 Å². The molecule has 0 fully saturated rings. The number of nitrogens with one attached hydrogen (secondary N) is 1. The molecule has 2 rings (SSSR count). The maximum Gasteiger partial charge on any atom is 0.316 e. The zero-order chi connectivity index (χ0) is 16.5.